The van der Waals surface area contributed by atoms with Crippen LogP contribution < -0.4 is 15.8 Å². The lowest BCUT2D eigenvalue weighted by molar-refractivity contribution is -0.121. The third kappa shape index (κ3) is 4.99. The van der Waals surface area contributed by atoms with Gasteiger partial charge in [-0.2, -0.15) is 0 Å². The summed E-state index contributed by atoms with van der Waals surface area (Å²) in [5.74, 6) is -0.429. The first-order valence-electron chi connectivity index (χ1n) is 5.87. The van der Waals surface area contributed by atoms with Crippen LogP contribution in [0.5, 0.6) is 0 Å². The summed E-state index contributed by atoms with van der Waals surface area (Å²) in [5.41, 5.74) is 5.24. The van der Waals surface area contributed by atoms with E-state index in [0.717, 1.165) is 0 Å². The van der Waals surface area contributed by atoms with Gasteiger partial charge in [0.25, 0.3) is 0 Å². The largest absolute Gasteiger partial charge is 0.398 e. The van der Waals surface area contributed by atoms with Crippen molar-refractivity contribution in [2.75, 3.05) is 12.3 Å². The molecule has 0 spiro atoms. The maximum absolute atomic E-state index is 12.0. The zero-order valence-electron chi connectivity index (χ0n) is 11.5. The fourth-order valence-corrected chi connectivity index (χ4v) is 2.82. The van der Waals surface area contributed by atoms with Gasteiger partial charge in [-0.3, -0.25) is 4.79 Å². The molecule has 0 aliphatic heterocycles. The molecule has 0 aromatic heterocycles. The monoisotopic (exact) mass is 319 g/mol. The number of benzene rings is 1. The molecule has 0 heterocycles. The lowest BCUT2D eigenvalue weighted by Gasteiger charge is -2.20. The molecule has 20 heavy (non-hydrogen) atoms. The molecule has 1 aromatic carbocycles. The number of nitrogens with one attached hydrogen (secondary N) is 2. The van der Waals surface area contributed by atoms with Crippen molar-refractivity contribution in [2.24, 2.45) is 0 Å². The van der Waals surface area contributed by atoms with Gasteiger partial charge in [0.2, 0.25) is 15.9 Å². The summed E-state index contributed by atoms with van der Waals surface area (Å²) in [7, 11) is -3.88. The normalized spacial score (nSPS) is 12.2. The number of anilines is 1. The van der Waals surface area contributed by atoms with Crippen LogP contribution in [-0.4, -0.2) is 26.4 Å². The molecule has 112 valence electrons. The molecule has 8 heteroatoms. The molecule has 4 N–H and O–H groups in total. The Balaban J connectivity index is 2.81. The van der Waals surface area contributed by atoms with Crippen LogP contribution in [0.1, 0.15) is 20.8 Å². The number of halogens is 1. The number of carbonyl (C=O) groups is 1. The highest BCUT2D eigenvalue weighted by Gasteiger charge is 2.20. The lowest BCUT2D eigenvalue weighted by atomic mass is 10.1. The number of nitrogens with two attached hydrogens (primary N) is 1. The molecule has 1 aromatic rings. The summed E-state index contributed by atoms with van der Waals surface area (Å²) in [6.45, 7) is 5.03. The van der Waals surface area contributed by atoms with Gasteiger partial charge in [-0.25, -0.2) is 13.1 Å². The zero-order chi connectivity index (χ0) is 15.6. The van der Waals surface area contributed by atoms with Crippen LogP contribution in [0.25, 0.3) is 0 Å². The van der Waals surface area contributed by atoms with Gasteiger partial charge in [0.05, 0.1) is 12.2 Å². The van der Waals surface area contributed by atoms with Gasteiger partial charge in [-0.05, 0) is 39.0 Å². The average molecular weight is 320 g/mol. The SMILES string of the molecule is CC(C)(C)NC(=O)CNS(=O)(=O)c1cc(Cl)ccc1N. The summed E-state index contributed by atoms with van der Waals surface area (Å²) < 4.78 is 26.3. The van der Waals surface area contributed by atoms with Crippen molar-refractivity contribution in [1.29, 1.82) is 0 Å². The average Bonchev–Trinajstić information content (AvgIpc) is 2.27. The third-order valence-electron chi connectivity index (χ3n) is 2.20. The van der Waals surface area contributed by atoms with E-state index in [0.29, 0.717) is 0 Å². The molecule has 0 aliphatic rings. The second-order valence-corrected chi connectivity index (χ2v) is 7.48. The van der Waals surface area contributed by atoms with Gasteiger partial charge in [-0.15, -0.1) is 0 Å². The first-order valence-corrected chi connectivity index (χ1v) is 7.73. The smallest absolute Gasteiger partial charge is 0.243 e. The van der Waals surface area contributed by atoms with Gasteiger partial charge in [-0.1, -0.05) is 11.6 Å². The lowest BCUT2D eigenvalue weighted by Crippen LogP contribution is -2.45. The van der Waals surface area contributed by atoms with Crippen LogP contribution in [0.3, 0.4) is 0 Å². The quantitative estimate of drug-likeness (QED) is 0.724. The highest BCUT2D eigenvalue weighted by Crippen LogP contribution is 2.22. The van der Waals surface area contributed by atoms with Crippen molar-refractivity contribution in [3.05, 3.63) is 23.2 Å². The maximum Gasteiger partial charge on any atom is 0.243 e. The minimum absolute atomic E-state index is 0.0677. The van der Waals surface area contributed by atoms with Crippen LogP contribution in [0.15, 0.2) is 23.1 Å². The Morgan fingerprint density at radius 1 is 1.35 bits per heavy atom. The molecular weight excluding hydrogens is 302 g/mol. The van der Waals surface area contributed by atoms with E-state index in [1.54, 1.807) is 20.8 Å². The molecule has 6 nitrogen and oxygen atoms in total. The van der Waals surface area contributed by atoms with Gasteiger partial charge in [0, 0.05) is 10.6 Å². The second-order valence-electron chi connectivity index (χ2n) is 5.30. The Morgan fingerprint density at radius 3 is 2.50 bits per heavy atom. The van der Waals surface area contributed by atoms with Crippen molar-refractivity contribution in [1.82, 2.24) is 10.0 Å². The van der Waals surface area contributed by atoms with E-state index in [1.807, 2.05) is 0 Å². The van der Waals surface area contributed by atoms with Crippen LogP contribution >= 0.6 is 11.6 Å². The van der Waals surface area contributed by atoms with Crippen LogP contribution in [0.2, 0.25) is 5.02 Å². The summed E-state index contributed by atoms with van der Waals surface area (Å²) in [6, 6.07) is 4.12. The number of carbonyl (C=O) groups excluding carboxylic acids is 1. The first kappa shape index (κ1) is 16.7. The molecule has 0 saturated carbocycles. The number of nitrogen functional groups attached to an aromatic ring is 1. The van der Waals surface area contributed by atoms with Crippen molar-refractivity contribution < 1.29 is 13.2 Å². The fraction of sp³-hybridized carbons (Fsp3) is 0.417. The van der Waals surface area contributed by atoms with Crippen LogP contribution in [0.4, 0.5) is 5.69 Å². The van der Waals surface area contributed by atoms with E-state index in [1.165, 1.54) is 18.2 Å². The standard InChI is InChI=1S/C12H18ClN3O3S/c1-12(2,3)16-11(17)7-15-20(18,19)10-6-8(13)4-5-9(10)14/h4-6,15H,7,14H2,1-3H3,(H,16,17). The molecule has 0 atom stereocenters. The van der Waals surface area contributed by atoms with Gasteiger partial charge < -0.3 is 11.1 Å². The number of sulfonamides is 1. The predicted octanol–water partition coefficient (Wildman–Crippen LogP) is 1.12. The molecule has 0 unspecified atom stereocenters. The van der Waals surface area contributed by atoms with Gasteiger partial charge >= 0.3 is 0 Å². The topological polar surface area (TPSA) is 101 Å². The van der Waals surface area contributed by atoms with Crippen LogP contribution in [0, 0.1) is 0 Å². The highest BCUT2D eigenvalue weighted by molar-refractivity contribution is 7.89. The van der Waals surface area contributed by atoms with Crippen LogP contribution in [-0.2, 0) is 14.8 Å². The zero-order valence-corrected chi connectivity index (χ0v) is 13.1. The minimum atomic E-state index is -3.88. The van der Waals surface area contributed by atoms with E-state index in [9.17, 15) is 13.2 Å². The molecule has 1 amide bonds. The minimum Gasteiger partial charge on any atom is -0.398 e. The molecule has 0 radical (unpaired) electrons. The fourth-order valence-electron chi connectivity index (χ4n) is 1.44. The van der Waals surface area contributed by atoms with Crippen molar-refractivity contribution >= 4 is 33.2 Å². The van der Waals surface area contributed by atoms with Crippen molar-refractivity contribution in [2.45, 2.75) is 31.2 Å². The van der Waals surface area contributed by atoms with Gasteiger partial charge in [0.1, 0.15) is 4.90 Å². The highest BCUT2D eigenvalue weighted by atomic mass is 35.5. The van der Waals surface area contributed by atoms with Gasteiger partial charge in [0.15, 0.2) is 0 Å². The molecule has 0 aliphatic carbocycles. The summed E-state index contributed by atoms with van der Waals surface area (Å²) >= 11 is 5.75. The number of hydrogen-bond acceptors (Lipinski definition) is 4. The first-order chi connectivity index (χ1) is 9.01. The second kappa shape index (κ2) is 5.99. The Kier molecular flexibility index (Phi) is 5.01. The Hall–Kier alpha value is -1.31. The molecule has 1 rings (SSSR count). The molecular formula is C12H18ClN3O3S. The predicted molar refractivity (Wildman–Crippen MR) is 78.9 cm³/mol. The molecule has 0 fully saturated rings. The summed E-state index contributed by atoms with van der Waals surface area (Å²) in [4.78, 5) is 11.4. The Morgan fingerprint density at radius 2 is 1.95 bits per heavy atom. The van der Waals surface area contributed by atoms with E-state index < -0.39 is 21.5 Å². The summed E-state index contributed by atoms with van der Waals surface area (Å²) in [5, 5.41) is 2.89. The van der Waals surface area contributed by atoms with E-state index in [-0.39, 0.29) is 22.2 Å². The van der Waals surface area contributed by atoms with E-state index in [2.05, 4.69) is 10.0 Å². The summed E-state index contributed by atoms with van der Waals surface area (Å²) in [6.07, 6.45) is 0. The molecule has 0 saturated heterocycles. The third-order valence-corrected chi connectivity index (χ3v) is 3.89. The Bertz CT molecular complexity index is 609. The van der Waals surface area contributed by atoms with E-state index >= 15 is 0 Å². The number of amides is 1. The Labute approximate surface area is 123 Å². The maximum atomic E-state index is 12.0. The molecule has 0 bridgehead atoms. The number of rotatable bonds is 4. The van der Waals surface area contributed by atoms with E-state index in [4.69, 9.17) is 17.3 Å². The van der Waals surface area contributed by atoms with Crippen molar-refractivity contribution in [3.63, 3.8) is 0 Å². The van der Waals surface area contributed by atoms with Crippen molar-refractivity contribution in [3.8, 4) is 0 Å². The number of hydrogen-bond donors (Lipinski definition) is 3.